The SMILES string of the molecule is Brc1ccc(C=Cc2ccc(/C=C/c3ccc(Br)cc3)cc2)cc1. The highest BCUT2D eigenvalue weighted by atomic mass is 79.9. The van der Waals surface area contributed by atoms with Gasteiger partial charge in [-0.1, -0.05) is 105 Å². The maximum atomic E-state index is 3.45. The van der Waals surface area contributed by atoms with Crippen molar-refractivity contribution in [2.75, 3.05) is 0 Å². The van der Waals surface area contributed by atoms with Crippen LogP contribution in [0.1, 0.15) is 22.3 Å². The van der Waals surface area contributed by atoms with Gasteiger partial charge in [-0.25, -0.2) is 0 Å². The van der Waals surface area contributed by atoms with Gasteiger partial charge in [0.15, 0.2) is 0 Å². The summed E-state index contributed by atoms with van der Waals surface area (Å²) in [6, 6.07) is 25.1. The minimum absolute atomic E-state index is 1.10. The van der Waals surface area contributed by atoms with Crippen LogP contribution >= 0.6 is 31.9 Å². The van der Waals surface area contributed by atoms with Gasteiger partial charge in [0.1, 0.15) is 0 Å². The molecular formula is C22H16Br2. The van der Waals surface area contributed by atoms with Crippen molar-refractivity contribution in [2.45, 2.75) is 0 Å². The molecule has 3 aromatic rings. The molecule has 0 unspecified atom stereocenters. The summed E-state index contributed by atoms with van der Waals surface area (Å²) in [5.41, 5.74) is 4.77. The first kappa shape index (κ1) is 16.9. The van der Waals surface area contributed by atoms with Crippen LogP contribution in [0.3, 0.4) is 0 Å². The summed E-state index contributed by atoms with van der Waals surface area (Å²) in [4.78, 5) is 0. The third-order valence-electron chi connectivity index (χ3n) is 3.61. The van der Waals surface area contributed by atoms with E-state index in [9.17, 15) is 0 Å². The number of hydrogen-bond donors (Lipinski definition) is 0. The molecule has 0 aromatic heterocycles. The Bertz CT molecular complexity index is 765. The Morgan fingerprint density at radius 2 is 0.583 bits per heavy atom. The predicted molar refractivity (Wildman–Crippen MR) is 113 cm³/mol. The van der Waals surface area contributed by atoms with Crippen molar-refractivity contribution in [3.05, 3.63) is 104 Å². The van der Waals surface area contributed by atoms with E-state index in [2.05, 4.69) is 129 Å². The van der Waals surface area contributed by atoms with Gasteiger partial charge in [0.2, 0.25) is 0 Å². The number of halogens is 2. The lowest BCUT2D eigenvalue weighted by Gasteiger charge is -1.98. The van der Waals surface area contributed by atoms with E-state index in [0.717, 1.165) is 8.95 Å². The Hall–Kier alpha value is -1.90. The Balaban J connectivity index is 1.66. The van der Waals surface area contributed by atoms with E-state index in [-0.39, 0.29) is 0 Å². The average Bonchev–Trinajstić information content (AvgIpc) is 2.62. The van der Waals surface area contributed by atoms with Gasteiger partial charge in [-0.3, -0.25) is 0 Å². The van der Waals surface area contributed by atoms with Crippen LogP contribution in [0.4, 0.5) is 0 Å². The molecule has 24 heavy (non-hydrogen) atoms. The predicted octanol–water partition coefficient (Wildman–Crippen LogP) is 7.55. The minimum atomic E-state index is 1.10. The zero-order chi connectivity index (χ0) is 16.8. The Kier molecular flexibility index (Phi) is 5.84. The van der Waals surface area contributed by atoms with Gasteiger partial charge in [0.05, 0.1) is 0 Å². The molecule has 3 aromatic carbocycles. The first-order valence-corrected chi connectivity index (χ1v) is 9.25. The Labute approximate surface area is 159 Å². The van der Waals surface area contributed by atoms with Crippen LogP contribution in [0.25, 0.3) is 24.3 Å². The van der Waals surface area contributed by atoms with Crippen LogP contribution in [-0.2, 0) is 0 Å². The van der Waals surface area contributed by atoms with Gasteiger partial charge in [-0.05, 0) is 46.5 Å². The molecule has 0 amide bonds. The van der Waals surface area contributed by atoms with E-state index >= 15 is 0 Å². The molecule has 0 bridgehead atoms. The fourth-order valence-electron chi connectivity index (χ4n) is 2.25. The van der Waals surface area contributed by atoms with Crippen LogP contribution in [0, 0.1) is 0 Å². The van der Waals surface area contributed by atoms with Crippen molar-refractivity contribution < 1.29 is 0 Å². The average molecular weight is 440 g/mol. The second-order valence-corrected chi connectivity index (χ2v) is 7.27. The lowest BCUT2D eigenvalue weighted by Crippen LogP contribution is -1.76. The molecule has 0 aliphatic carbocycles. The molecule has 0 atom stereocenters. The zero-order valence-electron chi connectivity index (χ0n) is 13.0. The van der Waals surface area contributed by atoms with Gasteiger partial charge < -0.3 is 0 Å². The normalized spacial score (nSPS) is 11.4. The van der Waals surface area contributed by atoms with Crippen molar-refractivity contribution in [1.82, 2.24) is 0 Å². The summed E-state index contributed by atoms with van der Waals surface area (Å²) in [6.45, 7) is 0. The van der Waals surface area contributed by atoms with Gasteiger partial charge >= 0.3 is 0 Å². The molecule has 0 radical (unpaired) electrons. The van der Waals surface area contributed by atoms with Crippen LogP contribution in [0.5, 0.6) is 0 Å². The molecule has 118 valence electrons. The summed E-state index contributed by atoms with van der Waals surface area (Å²) in [6.07, 6.45) is 8.51. The molecule has 0 aliphatic heterocycles. The van der Waals surface area contributed by atoms with Gasteiger partial charge in [0.25, 0.3) is 0 Å². The topological polar surface area (TPSA) is 0 Å². The highest BCUT2D eigenvalue weighted by Gasteiger charge is 1.92. The summed E-state index contributed by atoms with van der Waals surface area (Å²) in [7, 11) is 0. The summed E-state index contributed by atoms with van der Waals surface area (Å²) < 4.78 is 2.20. The van der Waals surface area contributed by atoms with Crippen molar-refractivity contribution >= 4 is 56.2 Å². The maximum absolute atomic E-state index is 3.45. The van der Waals surface area contributed by atoms with Crippen molar-refractivity contribution in [3.63, 3.8) is 0 Å². The number of hydrogen-bond acceptors (Lipinski definition) is 0. The molecule has 3 rings (SSSR count). The molecule has 0 spiro atoms. The minimum Gasteiger partial charge on any atom is -0.0544 e. The van der Waals surface area contributed by atoms with E-state index in [1.165, 1.54) is 22.3 Å². The molecule has 0 fully saturated rings. The van der Waals surface area contributed by atoms with Crippen molar-refractivity contribution in [1.29, 1.82) is 0 Å². The molecule has 0 nitrogen and oxygen atoms in total. The largest absolute Gasteiger partial charge is 0.0544 e. The van der Waals surface area contributed by atoms with Gasteiger partial charge in [-0.2, -0.15) is 0 Å². The molecule has 0 aliphatic rings. The van der Waals surface area contributed by atoms with Crippen molar-refractivity contribution in [3.8, 4) is 0 Å². The van der Waals surface area contributed by atoms with E-state index < -0.39 is 0 Å². The highest BCUT2D eigenvalue weighted by molar-refractivity contribution is 9.10. The molecule has 0 heterocycles. The molecule has 0 N–H and O–H groups in total. The fraction of sp³-hybridized carbons (Fsp3) is 0. The maximum Gasteiger partial charge on any atom is 0.0175 e. The van der Waals surface area contributed by atoms with Crippen molar-refractivity contribution in [2.24, 2.45) is 0 Å². The molecule has 0 saturated heterocycles. The van der Waals surface area contributed by atoms with Crippen LogP contribution in [-0.4, -0.2) is 0 Å². The van der Waals surface area contributed by atoms with E-state index in [1.54, 1.807) is 0 Å². The molecule has 2 heteroatoms. The lowest BCUT2D eigenvalue weighted by atomic mass is 10.1. The molecular weight excluding hydrogens is 424 g/mol. The smallest absolute Gasteiger partial charge is 0.0175 e. The summed E-state index contributed by atoms with van der Waals surface area (Å²) >= 11 is 6.90. The summed E-state index contributed by atoms with van der Waals surface area (Å²) in [5, 5.41) is 0. The van der Waals surface area contributed by atoms with E-state index in [4.69, 9.17) is 0 Å². The summed E-state index contributed by atoms with van der Waals surface area (Å²) in [5.74, 6) is 0. The van der Waals surface area contributed by atoms with Crippen LogP contribution < -0.4 is 0 Å². The second-order valence-electron chi connectivity index (χ2n) is 5.44. The number of benzene rings is 3. The third kappa shape index (κ3) is 5.05. The lowest BCUT2D eigenvalue weighted by molar-refractivity contribution is 1.60. The Morgan fingerprint density at radius 3 is 0.833 bits per heavy atom. The fourth-order valence-corrected chi connectivity index (χ4v) is 2.78. The van der Waals surface area contributed by atoms with Crippen LogP contribution in [0.15, 0.2) is 81.7 Å². The number of rotatable bonds is 4. The van der Waals surface area contributed by atoms with Crippen LogP contribution in [0.2, 0.25) is 0 Å². The Morgan fingerprint density at radius 1 is 0.375 bits per heavy atom. The zero-order valence-corrected chi connectivity index (χ0v) is 16.2. The highest BCUT2D eigenvalue weighted by Crippen LogP contribution is 2.16. The molecule has 0 saturated carbocycles. The first-order chi connectivity index (χ1) is 11.7. The standard InChI is InChI=1S/C22H16Br2/c23-21-13-9-19(10-14-21)7-5-17-1-2-18(4-3-17)6-8-20-11-15-22(24)16-12-20/h1-16H/b7-5+,8-6?. The monoisotopic (exact) mass is 438 g/mol. The van der Waals surface area contributed by atoms with Gasteiger partial charge in [-0.15, -0.1) is 0 Å². The first-order valence-electron chi connectivity index (χ1n) is 7.66. The van der Waals surface area contributed by atoms with Gasteiger partial charge in [0, 0.05) is 8.95 Å². The second kappa shape index (κ2) is 8.27. The third-order valence-corrected chi connectivity index (χ3v) is 4.67. The quantitative estimate of drug-likeness (QED) is 0.368. The van der Waals surface area contributed by atoms with E-state index in [1.807, 2.05) is 0 Å². The van der Waals surface area contributed by atoms with E-state index in [0.29, 0.717) is 0 Å².